The fraction of sp³-hybridized carbons (Fsp3) is 0.348. The van der Waals surface area contributed by atoms with Crippen LogP contribution in [0.25, 0.3) is 22.5 Å². The molecule has 9 heteroatoms. The minimum absolute atomic E-state index is 0.201. The molecular weight excluding hydrogens is 436 g/mol. The Balaban J connectivity index is 1.79. The molecule has 32 heavy (non-hydrogen) atoms. The van der Waals surface area contributed by atoms with Crippen LogP contribution >= 0.6 is 11.6 Å². The first-order valence-electron chi connectivity index (χ1n) is 10.3. The third-order valence-corrected chi connectivity index (χ3v) is 5.85. The van der Waals surface area contributed by atoms with Gasteiger partial charge in [0.1, 0.15) is 11.8 Å². The van der Waals surface area contributed by atoms with E-state index in [1.165, 1.54) is 30.3 Å². The van der Waals surface area contributed by atoms with Gasteiger partial charge in [0.25, 0.3) is 5.56 Å². The molecule has 0 bridgehead atoms. The van der Waals surface area contributed by atoms with E-state index >= 15 is 0 Å². The molecule has 0 radical (unpaired) electrons. The van der Waals surface area contributed by atoms with Gasteiger partial charge in [0.05, 0.1) is 25.6 Å². The summed E-state index contributed by atoms with van der Waals surface area (Å²) in [5.74, 6) is -0.259. The van der Waals surface area contributed by atoms with Crippen LogP contribution in [0.15, 0.2) is 52.3 Å². The lowest BCUT2D eigenvalue weighted by atomic mass is 9.97. The van der Waals surface area contributed by atoms with Crippen molar-refractivity contribution in [2.75, 3.05) is 13.7 Å². The largest absolute Gasteiger partial charge is 0.495 e. The van der Waals surface area contributed by atoms with Crippen molar-refractivity contribution in [1.82, 2.24) is 9.55 Å². The molecule has 1 N–H and O–H groups in total. The van der Waals surface area contributed by atoms with E-state index in [2.05, 4.69) is 4.98 Å². The second-order valence-electron chi connectivity index (χ2n) is 7.63. The first-order valence-corrected chi connectivity index (χ1v) is 10.7. The number of hydrogen-bond acceptors (Lipinski definition) is 6. The number of oxazole rings is 1. The molecule has 168 valence electrons. The van der Waals surface area contributed by atoms with E-state index in [1.54, 1.807) is 24.4 Å². The summed E-state index contributed by atoms with van der Waals surface area (Å²) < 4.78 is 17.9. The van der Waals surface area contributed by atoms with Crippen molar-refractivity contribution in [3.8, 4) is 28.2 Å². The molecule has 1 aliphatic heterocycles. The summed E-state index contributed by atoms with van der Waals surface area (Å²) in [5.41, 5.74) is 1.29. The lowest BCUT2D eigenvalue weighted by molar-refractivity contribution is -0.142. The minimum atomic E-state index is -1.10. The standard InChI is InChI=1S/C23H23ClN2O6/c1-30-21-12-26(19(23(28)29)9-15-4-2-3-7-31-15)22(27)10-18(21)17-8-14(24)5-6-16(17)20-11-25-13-32-20/h5-6,8,10-13,15,19H,2-4,7,9H2,1H3,(H,28,29). The van der Waals surface area contributed by atoms with E-state index in [4.69, 9.17) is 25.5 Å². The molecule has 8 nitrogen and oxygen atoms in total. The van der Waals surface area contributed by atoms with Crippen LogP contribution in [0, 0.1) is 0 Å². The highest BCUT2D eigenvalue weighted by Gasteiger charge is 2.28. The summed E-state index contributed by atoms with van der Waals surface area (Å²) in [5, 5.41) is 10.3. The van der Waals surface area contributed by atoms with Crippen molar-refractivity contribution in [1.29, 1.82) is 0 Å². The van der Waals surface area contributed by atoms with Crippen LogP contribution in [0.5, 0.6) is 5.75 Å². The number of aromatic nitrogens is 2. The van der Waals surface area contributed by atoms with Crippen LogP contribution in [0.2, 0.25) is 5.02 Å². The van der Waals surface area contributed by atoms with Crippen LogP contribution in [-0.4, -0.2) is 40.4 Å². The highest BCUT2D eigenvalue weighted by molar-refractivity contribution is 6.31. The lowest BCUT2D eigenvalue weighted by Gasteiger charge is -2.26. The molecule has 0 saturated carbocycles. The summed E-state index contributed by atoms with van der Waals surface area (Å²) in [4.78, 5) is 29.1. The average molecular weight is 459 g/mol. The lowest BCUT2D eigenvalue weighted by Crippen LogP contribution is -2.33. The molecule has 4 rings (SSSR count). The van der Waals surface area contributed by atoms with E-state index in [0.717, 1.165) is 19.3 Å². The monoisotopic (exact) mass is 458 g/mol. The number of aliphatic carboxylic acids is 1. The van der Waals surface area contributed by atoms with E-state index in [0.29, 0.717) is 39.8 Å². The van der Waals surface area contributed by atoms with Crippen LogP contribution < -0.4 is 10.3 Å². The van der Waals surface area contributed by atoms with E-state index in [-0.39, 0.29) is 12.5 Å². The van der Waals surface area contributed by atoms with Crippen molar-refractivity contribution in [3.05, 3.63) is 58.4 Å². The summed E-state index contributed by atoms with van der Waals surface area (Å²) in [6.45, 7) is 0.605. The number of methoxy groups -OCH3 is 1. The molecule has 1 fully saturated rings. The Bertz CT molecular complexity index is 1150. The van der Waals surface area contributed by atoms with Gasteiger partial charge in [-0.3, -0.25) is 9.36 Å². The number of halogens is 1. The number of carboxylic acids is 1. The number of nitrogens with zero attached hydrogens (tertiary/aromatic N) is 2. The topological polar surface area (TPSA) is 104 Å². The molecule has 3 heterocycles. The third kappa shape index (κ3) is 4.56. The summed E-state index contributed by atoms with van der Waals surface area (Å²) in [6.07, 6.45) is 7.03. The average Bonchev–Trinajstić information content (AvgIpc) is 3.33. The van der Waals surface area contributed by atoms with Gasteiger partial charge in [-0.05, 0) is 43.0 Å². The van der Waals surface area contributed by atoms with Crippen LogP contribution in [-0.2, 0) is 9.53 Å². The first-order chi connectivity index (χ1) is 15.5. The molecule has 0 aliphatic carbocycles. The fourth-order valence-electron chi connectivity index (χ4n) is 4.02. The number of hydrogen-bond donors (Lipinski definition) is 1. The molecule has 0 amide bonds. The number of carboxylic acid groups (broad SMARTS) is 1. The maximum Gasteiger partial charge on any atom is 0.326 e. The molecule has 3 aromatic rings. The van der Waals surface area contributed by atoms with Gasteiger partial charge in [0, 0.05) is 35.2 Å². The Hall–Kier alpha value is -3.10. The second kappa shape index (κ2) is 9.58. The zero-order chi connectivity index (χ0) is 22.7. The van der Waals surface area contributed by atoms with Crippen molar-refractivity contribution in [3.63, 3.8) is 0 Å². The van der Waals surface area contributed by atoms with Crippen molar-refractivity contribution in [2.24, 2.45) is 0 Å². The number of pyridine rings is 1. The number of carbonyl (C=O) groups is 1. The number of benzene rings is 1. The van der Waals surface area contributed by atoms with Crippen molar-refractivity contribution >= 4 is 17.6 Å². The SMILES string of the molecule is COc1cn(C(CC2CCCCO2)C(=O)O)c(=O)cc1-c1cc(Cl)ccc1-c1cnco1. The number of rotatable bonds is 7. The van der Waals surface area contributed by atoms with Gasteiger partial charge in [0.2, 0.25) is 0 Å². The Morgan fingerprint density at radius 2 is 2.16 bits per heavy atom. The van der Waals surface area contributed by atoms with E-state index in [9.17, 15) is 14.7 Å². The van der Waals surface area contributed by atoms with Gasteiger partial charge < -0.3 is 19.0 Å². The van der Waals surface area contributed by atoms with Gasteiger partial charge in [-0.2, -0.15) is 0 Å². The van der Waals surface area contributed by atoms with Crippen molar-refractivity contribution in [2.45, 2.75) is 37.8 Å². The smallest absolute Gasteiger partial charge is 0.326 e. The second-order valence-corrected chi connectivity index (χ2v) is 8.07. The zero-order valence-corrected chi connectivity index (χ0v) is 18.2. The predicted octanol–water partition coefficient (Wildman–Crippen LogP) is 4.42. The van der Waals surface area contributed by atoms with E-state index < -0.39 is 17.6 Å². The summed E-state index contributed by atoms with van der Waals surface area (Å²) in [7, 11) is 1.46. The van der Waals surface area contributed by atoms with Gasteiger partial charge in [-0.25, -0.2) is 9.78 Å². The molecule has 2 unspecified atom stereocenters. The van der Waals surface area contributed by atoms with Gasteiger partial charge in [-0.15, -0.1) is 0 Å². The van der Waals surface area contributed by atoms with Crippen molar-refractivity contribution < 1.29 is 23.8 Å². The highest BCUT2D eigenvalue weighted by atomic mass is 35.5. The summed E-state index contributed by atoms with van der Waals surface area (Å²) in [6, 6.07) is 5.47. The zero-order valence-electron chi connectivity index (χ0n) is 17.5. The molecule has 1 aromatic carbocycles. The number of ether oxygens (including phenoxy) is 2. The molecular formula is C23H23ClN2O6. The van der Waals surface area contributed by atoms with Gasteiger partial charge >= 0.3 is 5.97 Å². The maximum absolute atomic E-state index is 13.1. The Morgan fingerprint density at radius 3 is 2.81 bits per heavy atom. The Kier molecular flexibility index (Phi) is 6.62. The van der Waals surface area contributed by atoms with Gasteiger partial charge in [0.15, 0.2) is 12.2 Å². The molecule has 1 aliphatic rings. The third-order valence-electron chi connectivity index (χ3n) is 5.61. The molecule has 2 atom stereocenters. The molecule has 1 saturated heterocycles. The maximum atomic E-state index is 13.1. The first kappa shape index (κ1) is 22.1. The van der Waals surface area contributed by atoms with Crippen LogP contribution in [0.1, 0.15) is 31.7 Å². The van der Waals surface area contributed by atoms with Crippen LogP contribution in [0.3, 0.4) is 0 Å². The predicted molar refractivity (Wildman–Crippen MR) is 118 cm³/mol. The normalized spacial score (nSPS) is 17.1. The summed E-state index contributed by atoms with van der Waals surface area (Å²) >= 11 is 6.23. The molecule has 2 aromatic heterocycles. The Labute approximate surface area is 189 Å². The fourth-order valence-corrected chi connectivity index (χ4v) is 4.20. The van der Waals surface area contributed by atoms with Crippen LogP contribution in [0.4, 0.5) is 0 Å². The quantitative estimate of drug-likeness (QED) is 0.558. The van der Waals surface area contributed by atoms with E-state index in [1.807, 2.05) is 0 Å². The molecule has 0 spiro atoms. The Morgan fingerprint density at radius 1 is 1.31 bits per heavy atom. The minimum Gasteiger partial charge on any atom is -0.495 e. The highest BCUT2D eigenvalue weighted by Crippen LogP contribution is 2.38. The van der Waals surface area contributed by atoms with Gasteiger partial charge in [-0.1, -0.05) is 11.6 Å².